The number of nitrogens with zero attached hydrogens (tertiary/aromatic N) is 3. The van der Waals surface area contributed by atoms with Crippen LogP contribution in [0.5, 0.6) is 0 Å². The molecule has 10 rings (SSSR count). The van der Waals surface area contributed by atoms with Crippen LogP contribution in [-0.2, 0) is 5.41 Å². The van der Waals surface area contributed by atoms with Gasteiger partial charge in [0, 0.05) is 18.1 Å². The Kier molecular flexibility index (Phi) is 7.04. The number of aromatic nitrogens is 2. The summed E-state index contributed by atoms with van der Waals surface area (Å²) in [5.41, 5.74) is 8.18. The largest absolute Gasteiger partial charge is 0.279 e. The van der Waals surface area contributed by atoms with Crippen molar-refractivity contribution >= 4 is 61.8 Å². The molecule has 0 saturated carbocycles. The minimum atomic E-state index is -0.424. The summed E-state index contributed by atoms with van der Waals surface area (Å²) in [6.07, 6.45) is 8.14. The Morgan fingerprint density at radius 2 is 0.981 bits per heavy atom. The van der Waals surface area contributed by atoms with Gasteiger partial charge in [-0.15, -0.1) is 0 Å². The number of anilines is 3. The number of rotatable bonds is 7. The molecular formula is C49H33N3. The van der Waals surface area contributed by atoms with Crippen LogP contribution in [-0.4, -0.2) is 9.97 Å². The average Bonchev–Trinajstić information content (AvgIpc) is 3.52. The van der Waals surface area contributed by atoms with Crippen LogP contribution >= 0.6 is 0 Å². The molecule has 1 aliphatic carbocycles. The van der Waals surface area contributed by atoms with E-state index in [2.05, 4.69) is 167 Å². The van der Waals surface area contributed by atoms with Gasteiger partial charge in [0.1, 0.15) is 11.6 Å². The van der Waals surface area contributed by atoms with E-state index in [0.717, 1.165) is 28.3 Å². The van der Waals surface area contributed by atoms with Gasteiger partial charge in [-0.2, -0.15) is 0 Å². The van der Waals surface area contributed by atoms with Crippen molar-refractivity contribution in [3.63, 3.8) is 0 Å². The van der Waals surface area contributed by atoms with E-state index >= 15 is 0 Å². The van der Waals surface area contributed by atoms with Crippen LogP contribution < -0.4 is 4.90 Å². The van der Waals surface area contributed by atoms with Crippen molar-refractivity contribution in [1.82, 2.24) is 9.97 Å². The molecule has 0 bridgehead atoms. The number of fused-ring (bicyclic) bond motifs is 1. The minimum absolute atomic E-state index is 0.424. The molecule has 0 unspecified atom stereocenters. The Labute approximate surface area is 302 Å². The number of benzene rings is 7. The van der Waals surface area contributed by atoms with E-state index in [-0.39, 0.29) is 0 Å². The third kappa shape index (κ3) is 4.74. The van der Waals surface area contributed by atoms with Gasteiger partial charge in [0.2, 0.25) is 0 Å². The Balaban J connectivity index is 1.07. The molecule has 0 aliphatic heterocycles. The molecule has 244 valence electrons. The maximum atomic E-state index is 4.64. The topological polar surface area (TPSA) is 29.0 Å². The molecule has 0 fully saturated rings. The fourth-order valence-electron chi connectivity index (χ4n) is 8.32. The molecule has 0 amide bonds. The molecule has 0 atom stereocenters. The molecular weight excluding hydrogens is 631 g/mol. The van der Waals surface area contributed by atoms with Crippen molar-refractivity contribution in [2.75, 3.05) is 4.90 Å². The standard InChI is InChI=1S/C49H33N3/c1-3-13-40(14-4-1)49(41-15-5-2-6-16-41)43-17-11-12-36-24-25-39-31-35(32-44(49)48(39)47(36)43)21-20-34-22-23-38-33-42(27-26-37(38)30-34)52(45-18-7-9-28-50-45)46-19-8-10-29-51-46/h1-33H. The van der Waals surface area contributed by atoms with Gasteiger partial charge in [-0.3, -0.25) is 4.90 Å². The highest BCUT2D eigenvalue weighted by Gasteiger charge is 2.44. The quantitative estimate of drug-likeness (QED) is 0.126. The van der Waals surface area contributed by atoms with Crippen LogP contribution in [0.25, 0.3) is 44.5 Å². The van der Waals surface area contributed by atoms with Crippen LogP contribution in [0.2, 0.25) is 0 Å². The van der Waals surface area contributed by atoms with Crippen LogP contribution in [0.15, 0.2) is 188 Å². The minimum Gasteiger partial charge on any atom is -0.279 e. The van der Waals surface area contributed by atoms with Crippen LogP contribution in [0.3, 0.4) is 0 Å². The van der Waals surface area contributed by atoms with Gasteiger partial charge in [0.15, 0.2) is 0 Å². The van der Waals surface area contributed by atoms with Crippen molar-refractivity contribution in [1.29, 1.82) is 0 Å². The lowest BCUT2D eigenvalue weighted by Crippen LogP contribution is -2.28. The van der Waals surface area contributed by atoms with Gasteiger partial charge < -0.3 is 0 Å². The third-order valence-corrected chi connectivity index (χ3v) is 10.5. The van der Waals surface area contributed by atoms with Gasteiger partial charge in [-0.05, 0) is 120 Å². The molecule has 9 aromatic rings. The summed E-state index contributed by atoms with van der Waals surface area (Å²) < 4.78 is 0. The first-order valence-corrected chi connectivity index (χ1v) is 17.7. The molecule has 0 radical (unpaired) electrons. The van der Waals surface area contributed by atoms with Gasteiger partial charge in [0.05, 0.1) is 5.41 Å². The molecule has 0 spiro atoms. The average molecular weight is 664 g/mol. The molecule has 2 aromatic heterocycles. The van der Waals surface area contributed by atoms with Gasteiger partial charge in [-0.25, -0.2) is 9.97 Å². The van der Waals surface area contributed by atoms with Crippen LogP contribution in [0, 0.1) is 0 Å². The van der Waals surface area contributed by atoms with E-state index in [1.165, 1.54) is 54.7 Å². The second kappa shape index (κ2) is 12.2. The molecule has 0 N–H and O–H groups in total. The van der Waals surface area contributed by atoms with Crippen molar-refractivity contribution in [2.24, 2.45) is 0 Å². The summed E-state index contributed by atoms with van der Waals surface area (Å²) in [5.74, 6) is 1.65. The second-order valence-corrected chi connectivity index (χ2v) is 13.5. The van der Waals surface area contributed by atoms with Crippen molar-refractivity contribution in [3.8, 4) is 0 Å². The maximum Gasteiger partial charge on any atom is 0.138 e. The fourth-order valence-corrected chi connectivity index (χ4v) is 8.32. The molecule has 7 aromatic carbocycles. The maximum absolute atomic E-state index is 4.64. The second-order valence-electron chi connectivity index (χ2n) is 13.5. The van der Waals surface area contributed by atoms with Gasteiger partial charge >= 0.3 is 0 Å². The molecule has 1 aliphatic rings. The fraction of sp³-hybridized carbons (Fsp3) is 0.0204. The first kappa shape index (κ1) is 30.0. The molecule has 52 heavy (non-hydrogen) atoms. The summed E-state index contributed by atoms with van der Waals surface area (Å²) >= 11 is 0. The van der Waals surface area contributed by atoms with E-state index in [0.29, 0.717) is 0 Å². The molecule has 0 saturated heterocycles. The summed E-state index contributed by atoms with van der Waals surface area (Å²) in [6.45, 7) is 0. The summed E-state index contributed by atoms with van der Waals surface area (Å²) in [6, 6.07) is 63.3. The molecule has 3 nitrogen and oxygen atoms in total. The Hall–Kier alpha value is -6.84. The van der Waals surface area contributed by atoms with Crippen LogP contribution in [0.1, 0.15) is 33.4 Å². The van der Waals surface area contributed by atoms with E-state index < -0.39 is 5.41 Å². The zero-order chi connectivity index (χ0) is 34.5. The summed E-state index contributed by atoms with van der Waals surface area (Å²) in [5, 5.41) is 7.59. The Bertz CT molecular complexity index is 2700. The normalized spacial score (nSPS) is 13.1. The first-order valence-electron chi connectivity index (χ1n) is 17.7. The SMILES string of the molecule is C(=Cc1cc2c3c(ccc4cccc(c43)C2(c2ccccc2)c2ccccc2)c1)c1ccc2cc(N(c3ccccn3)c3ccccn3)ccc2c1. The smallest absolute Gasteiger partial charge is 0.138 e. The van der Waals surface area contributed by atoms with Gasteiger partial charge in [-0.1, -0.05) is 133 Å². The number of hydrogen-bond donors (Lipinski definition) is 0. The highest BCUT2D eigenvalue weighted by molar-refractivity contribution is 6.16. The summed E-state index contributed by atoms with van der Waals surface area (Å²) in [4.78, 5) is 11.4. The lowest BCUT2D eigenvalue weighted by atomic mass is 9.67. The molecule has 2 heterocycles. The third-order valence-electron chi connectivity index (χ3n) is 10.5. The van der Waals surface area contributed by atoms with Crippen molar-refractivity contribution in [3.05, 3.63) is 222 Å². The van der Waals surface area contributed by atoms with E-state index in [1.54, 1.807) is 0 Å². The predicted octanol–water partition coefficient (Wildman–Crippen LogP) is 12.3. The highest BCUT2D eigenvalue weighted by atomic mass is 15.2. The Morgan fingerprint density at radius 1 is 0.404 bits per heavy atom. The van der Waals surface area contributed by atoms with Crippen molar-refractivity contribution in [2.45, 2.75) is 5.41 Å². The predicted molar refractivity (Wildman–Crippen MR) is 216 cm³/mol. The monoisotopic (exact) mass is 663 g/mol. The molecule has 3 heteroatoms. The van der Waals surface area contributed by atoms with Crippen molar-refractivity contribution < 1.29 is 0 Å². The van der Waals surface area contributed by atoms with Gasteiger partial charge in [0.25, 0.3) is 0 Å². The zero-order valence-electron chi connectivity index (χ0n) is 28.4. The van der Waals surface area contributed by atoms with Crippen LogP contribution in [0.4, 0.5) is 17.3 Å². The lowest BCUT2D eigenvalue weighted by molar-refractivity contribution is 0.771. The Morgan fingerprint density at radius 3 is 1.67 bits per heavy atom. The summed E-state index contributed by atoms with van der Waals surface area (Å²) in [7, 11) is 0. The highest BCUT2D eigenvalue weighted by Crippen LogP contribution is 2.56. The van der Waals surface area contributed by atoms with E-state index in [1.807, 2.05) is 48.8 Å². The zero-order valence-corrected chi connectivity index (χ0v) is 28.4. The number of pyridine rings is 2. The lowest BCUT2D eigenvalue weighted by Gasteiger charge is -2.34. The van der Waals surface area contributed by atoms with E-state index in [4.69, 9.17) is 0 Å². The first-order chi connectivity index (χ1) is 25.8. The number of hydrogen-bond acceptors (Lipinski definition) is 3. The van der Waals surface area contributed by atoms with E-state index in [9.17, 15) is 0 Å².